The van der Waals surface area contributed by atoms with Crippen molar-refractivity contribution < 1.29 is 13.6 Å². The van der Waals surface area contributed by atoms with Crippen molar-refractivity contribution in [3.63, 3.8) is 0 Å². The van der Waals surface area contributed by atoms with Crippen LogP contribution in [-0.4, -0.2) is 21.8 Å². The molecule has 0 unspecified atom stereocenters. The molecule has 4 rings (SSSR count). The van der Waals surface area contributed by atoms with Crippen LogP contribution < -0.4 is 5.32 Å². The normalized spacial score (nSPS) is 17.3. The molecular formula is C19H17F2N3OS. The summed E-state index contributed by atoms with van der Waals surface area (Å²) in [6.45, 7) is 0. The maximum Gasteiger partial charge on any atom is 0.248 e. The molecule has 0 radical (unpaired) electrons. The monoisotopic (exact) mass is 373 g/mol. The maximum absolute atomic E-state index is 13.2. The Labute approximate surface area is 153 Å². The summed E-state index contributed by atoms with van der Waals surface area (Å²) in [5.41, 5.74) is 2.84. The zero-order chi connectivity index (χ0) is 18.1. The number of pyridine rings is 1. The number of anilines is 1. The molecule has 1 amide bonds. The Bertz CT molecular complexity index is 933. The second-order valence-corrected chi connectivity index (χ2v) is 7.50. The van der Waals surface area contributed by atoms with E-state index in [9.17, 15) is 13.6 Å². The SMILES string of the molecule is O=C(Nc1cc2cc(-c3cncs3)ccc2cn1)C1CCC(F)(F)CC1. The van der Waals surface area contributed by atoms with Crippen LogP contribution in [0.5, 0.6) is 0 Å². The van der Waals surface area contributed by atoms with Crippen LogP contribution in [0.2, 0.25) is 0 Å². The molecule has 0 spiro atoms. The molecule has 134 valence electrons. The molecule has 2 aromatic heterocycles. The number of aromatic nitrogens is 2. The molecular weight excluding hydrogens is 356 g/mol. The van der Waals surface area contributed by atoms with Crippen molar-refractivity contribution in [2.75, 3.05) is 5.32 Å². The molecule has 1 aromatic carbocycles. The number of benzene rings is 1. The van der Waals surface area contributed by atoms with E-state index < -0.39 is 5.92 Å². The van der Waals surface area contributed by atoms with Gasteiger partial charge in [-0.15, -0.1) is 11.3 Å². The number of hydrogen-bond acceptors (Lipinski definition) is 4. The molecule has 0 bridgehead atoms. The third-order valence-corrected chi connectivity index (χ3v) is 5.60. The van der Waals surface area contributed by atoms with Crippen LogP contribution in [0.4, 0.5) is 14.6 Å². The van der Waals surface area contributed by atoms with Crippen molar-refractivity contribution in [1.29, 1.82) is 0 Å². The average molecular weight is 373 g/mol. The van der Waals surface area contributed by atoms with E-state index in [1.807, 2.05) is 30.5 Å². The summed E-state index contributed by atoms with van der Waals surface area (Å²) in [5.74, 6) is -2.80. The van der Waals surface area contributed by atoms with E-state index in [1.54, 1.807) is 23.0 Å². The fraction of sp³-hybridized carbons (Fsp3) is 0.316. The Morgan fingerprint density at radius 2 is 1.96 bits per heavy atom. The molecule has 0 atom stereocenters. The van der Waals surface area contributed by atoms with Crippen molar-refractivity contribution >= 4 is 33.8 Å². The number of nitrogens with one attached hydrogen (secondary N) is 1. The van der Waals surface area contributed by atoms with Gasteiger partial charge in [-0.05, 0) is 35.9 Å². The minimum Gasteiger partial charge on any atom is -0.310 e. The van der Waals surface area contributed by atoms with Crippen LogP contribution in [0, 0.1) is 5.92 Å². The lowest BCUT2D eigenvalue weighted by Crippen LogP contribution is -2.32. The number of nitrogens with zero attached hydrogens (tertiary/aromatic N) is 2. The van der Waals surface area contributed by atoms with Gasteiger partial charge in [0.15, 0.2) is 0 Å². The van der Waals surface area contributed by atoms with Crippen molar-refractivity contribution in [3.05, 3.63) is 42.2 Å². The van der Waals surface area contributed by atoms with Crippen molar-refractivity contribution in [1.82, 2.24) is 9.97 Å². The lowest BCUT2D eigenvalue weighted by molar-refractivity contribution is -0.124. The van der Waals surface area contributed by atoms with Gasteiger partial charge in [-0.2, -0.15) is 0 Å². The predicted octanol–water partition coefficient (Wildman–Crippen LogP) is 5.12. The van der Waals surface area contributed by atoms with Crippen molar-refractivity contribution in [3.8, 4) is 10.4 Å². The van der Waals surface area contributed by atoms with E-state index in [0.29, 0.717) is 5.82 Å². The van der Waals surface area contributed by atoms with Crippen LogP contribution in [-0.2, 0) is 4.79 Å². The van der Waals surface area contributed by atoms with Gasteiger partial charge < -0.3 is 5.32 Å². The molecule has 0 aliphatic heterocycles. The number of thiazole rings is 1. The van der Waals surface area contributed by atoms with Crippen molar-refractivity contribution in [2.45, 2.75) is 31.6 Å². The second-order valence-electron chi connectivity index (χ2n) is 6.62. The van der Waals surface area contributed by atoms with E-state index in [4.69, 9.17) is 0 Å². The minimum atomic E-state index is -2.63. The largest absolute Gasteiger partial charge is 0.310 e. The van der Waals surface area contributed by atoms with Gasteiger partial charge in [0.25, 0.3) is 0 Å². The van der Waals surface area contributed by atoms with Crippen LogP contribution in [0.15, 0.2) is 42.2 Å². The number of carbonyl (C=O) groups excluding carboxylic acids is 1. The molecule has 1 aliphatic rings. The van der Waals surface area contributed by atoms with E-state index in [0.717, 1.165) is 21.2 Å². The lowest BCUT2D eigenvalue weighted by atomic mass is 9.86. The number of alkyl halides is 2. The van der Waals surface area contributed by atoms with Gasteiger partial charge in [0.2, 0.25) is 11.8 Å². The summed E-state index contributed by atoms with van der Waals surface area (Å²) < 4.78 is 26.5. The van der Waals surface area contributed by atoms with Gasteiger partial charge in [-0.1, -0.05) is 12.1 Å². The topological polar surface area (TPSA) is 54.9 Å². The smallest absolute Gasteiger partial charge is 0.248 e. The lowest BCUT2D eigenvalue weighted by Gasteiger charge is -2.27. The quantitative estimate of drug-likeness (QED) is 0.693. The van der Waals surface area contributed by atoms with E-state index in [1.165, 1.54) is 0 Å². The first-order valence-electron chi connectivity index (χ1n) is 8.48. The predicted molar refractivity (Wildman–Crippen MR) is 98.4 cm³/mol. The van der Waals surface area contributed by atoms with E-state index >= 15 is 0 Å². The van der Waals surface area contributed by atoms with Gasteiger partial charge in [-0.25, -0.2) is 13.8 Å². The number of rotatable bonds is 3. The summed E-state index contributed by atoms with van der Waals surface area (Å²) in [6, 6.07) is 7.83. The Kier molecular flexibility index (Phi) is 4.40. The summed E-state index contributed by atoms with van der Waals surface area (Å²) >= 11 is 1.56. The first-order valence-corrected chi connectivity index (χ1v) is 9.35. The number of halogens is 2. The molecule has 7 heteroatoms. The zero-order valence-electron chi connectivity index (χ0n) is 13.9. The van der Waals surface area contributed by atoms with Crippen LogP contribution in [0.3, 0.4) is 0 Å². The zero-order valence-corrected chi connectivity index (χ0v) is 14.7. The molecule has 0 saturated heterocycles. The third kappa shape index (κ3) is 3.58. The summed E-state index contributed by atoms with van der Waals surface area (Å²) in [6.07, 6.45) is 3.48. The Balaban J connectivity index is 1.52. The van der Waals surface area contributed by atoms with Gasteiger partial charge in [0, 0.05) is 36.5 Å². The summed E-state index contributed by atoms with van der Waals surface area (Å²) in [4.78, 5) is 21.8. The summed E-state index contributed by atoms with van der Waals surface area (Å²) in [5, 5.41) is 4.70. The van der Waals surface area contributed by atoms with E-state index in [-0.39, 0.29) is 37.5 Å². The molecule has 1 N–H and O–H groups in total. The Hall–Kier alpha value is -2.41. The fourth-order valence-electron chi connectivity index (χ4n) is 3.25. The first kappa shape index (κ1) is 17.0. The maximum atomic E-state index is 13.2. The third-order valence-electron chi connectivity index (χ3n) is 4.78. The van der Waals surface area contributed by atoms with Crippen molar-refractivity contribution in [2.24, 2.45) is 5.92 Å². The molecule has 1 aliphatic carbocycles. The second kappa shape index (κ2) is 6.72. The number of hydrogen-bond donors (Lipinski definition) is 1. The van der Waals surface area contributed by atoms with Gasteiger partial charge in [-0.3, -0.25) is 9.78 Å². The highest BCUT2D eigenvalue weighted by Gasteiger charge is 2.37. The van der Waals surface area contributed by atoms with Gasteiger partial charge in [0.05, 0.1) is 10.4 Å². The standard InChI is InChI=1S/C19H17F2N3OS/c20-19(21)5-3-12(4-6-19)18(25)24-17-8-15-7-13(16-10-22-11-26-16)1-2-14(15)9-23-17/h1-2,7-12H,3-6H2,(H,23,24,25). The molecule has 1 saturated carbocycles. The highest BCUT2D eigenvalue weighted by Crippen LogP contribution is 2.36. The first-order chi connectivity index (χ1) is 12.5. The molecule has 4 nitrogen and oxygen atoms in total. The van der Waals surface area contributed by atoms with Crippen LogP contribution in [0.1, 0.15) is 25.7 Å². The molecule has 1 fully saturated rings. The molecule has 2 heterocycles. The molecule has 3 aromatic rings. The van der Waals surface area contributed by atoms with Gasteiger partial charge in [0.1, 0.15) is 5.82 Å². The summed E-state index contributed by atoms with van der Waals surface area (Å²) in [7, 11) is 0. The number of amides is 1. The Morgan fingerprint density at radius 3 is 2.69 bits per heavy atom. The number of fused-ring (bicyclic) bond motifs is 1. The van der Waals surface area contributed by atoms with Crippen LogP contribution >= 0.6 is 11.3 Å². The van der Waals surface area contributed by atoms with Gasteiger partial charge >= 0.3 is 0 Å². The Morgan fingerprint density at radius 1 is 1.15 bits per heavy atom. The highest BCUT2D eigenvalue weighted by molar-refractivity contribution is 7.13. The highest BCUT2D eigenvalue weighted by atomic mass is 32.1. The average Bonchev–Trinajstić information content (AvgIpc) is 3.15. The minimum absolute atomic E-state index is 0.210. The molecule has 26 heavy (non-hydrogen) atoms. The van der Waals surface area contributed by atoms with Crippen LogP contribution in [0.25, 0.3) is 21.2 Å². The fourth-order valence-corrected chi connectivity index (χ4v) is 3.87. The van der Waals surface area contributed by atoms with E-state index in [2.05, 4.69) is 15.3 Å². The number of carbonyl (C=O) groups is 1.